The van der Waals surface area contributed by atoms with Gasteiger partial charge in [0.25, 0.3) is 0 Å². The molecule has 0 spiro atoms. The van der Waals surface area contributed by atoms with E-state index in [2.05, 4.69) is 63.2 Å². The third-order valence-corrected chi connectivity index (χ3v) is 5.63. The van der Waals surface area contributed by atoms with Gasteiger partial charge in [-0.05, 0) is 0 Å². The minimum atomic E-state index is -0.0226. The van der Waals surface area contributed by atoms with E-state index in [0.29, 0.717) is 0 Å². The first-order chi connectivity index (χ1) is 7.65. The van der Waals surface area contributed by atoms with Crippen LogP contribution in [0.25, 0.3) is 0 Å². The van der Waals surface area contributed by atoms with Gasteiger partial charge in [0.15, 0.2) is 0 Å². The molecule has 0 atom stereocenters. The van der Waals surface area contributed by atoms with E-state index in [4.69, 9.17) is 0 Å². The molecule has 2 aromatic carbocycles. The number of hydrogen-bond donors (Lipinski definition) is 0. The molecule has 2 rings (SSSR count). The Morgan fingerprint density at radius 1 is 0.750 bits per heavy atom. The Bertz CT molecular complexity index is 483. The molecule has 0 nitrogen and oxygen atoms in total. The molecule has 2 aromatic rings. The van der Waals surface area contributed by atoms with Gasteiger partial charge in [-0.1, -0.05) is 0 Å². The van der Waals surface area contributed by atoms with Crippen LogP contribution in [0.3, 0.4) is 0 Å². The van der Waals surface area contributed by atoms with Crippen molar-refractivity contribution in [3.63, 3.8) is 0 Å². The molecule has 0 fully saturated rings. The van der Waals surface area contributed by atoms with Gasteiger partial charge in [-0.15, -0.1) is 0 Å². The summed E-state index contributed by atoms with van der Waals surface area (Å²) < 4.78 is 3.04. The Morgan fingerprint density at radius 3 is 2.06 bits per heavy atom. The fourth-order valence-electron chi connectivity index (χ4n) is 1.51. The van der Waals surface area contributed by atoms with Crippen molar-refractivity contribution in [2.24, 2.45) is 0 Å². The summed E-state index contributed by atoms with van der Waals surface area (Å²) in [4.78, 5) is 0. The molecule has 0 aliphatic carbocycles. The zero-order valence-corrected chi connectivity index (χ0v) is 12.1. The Kier molecular flexibility index (Phi) is 3.64. The topological polar surface area (TPSA) is 0 Å². The number of rotatable bonds is 2. The van der Waals surface area contributed by atoms with E-state index >= 15 is 0 Å². The van der Waals surface area contributed by atoms with Gasteiger partial charge in [-0.2, -0.15) is 0 Å². The van der Waals surface area contributed by atoms with E-state index in [9.17, 15) is 0 Å². The first kappa shape index (κ1) is 11.6. The summed E-state index contributed by atoms with van der Waals surface area (Å²) in [6, 6.07) is 15.7. The summed E-state index contributed by atoms with van der Waals surface area (Å²) in [6.45, 7) is 6.52. The van der Waals surface area contributed by atoms with E-state index in [1.54, 1.807) is 3.57 Å². The zero-order chi connectivity index (χ0) is 11.5. The quantitative estimate of drug-likeness (QED) is 0.715. The number of hydrogen-bond acceptors (Lipinski definition) is 0. The van der Waals surface area contributed by atoms with Crippen molar-refractivity contribution in [1.82, 2.24) is 0 Å². The fourth-order valence-corrected chi connectivity index (χ4v) is 4.16. The van der Waals surface area contributed by atoms with Crippen molar-refractivity contribution >= 4 is 0 Å². The van der Waals surface area contributed by atoms with E-state index in [1.165, 1.54) is 20.3 Å². The second-order valence-corrected chi connectivity index (χ2v) is 7.09. The van der Waals surface area contributed by atoms with E-state index in [1.807, 2.05) is 0 Å². The molecule has 0 aliphatic rings. The second-order valence-electron chi connectivity index (χ2n) is 4.14. The van der Waals surface area contributed by atoms with Crippen LogP contribution in [0.15, 0.2) is 42.5 Å². The van der Waals surface area contributed by atoms with Gasteiger partial charge in [0.2, 0.25) is 0 Å². The molecule has 0 aliphatic heterocycles. The second kappa shape index (κ2) is 5.00. The summed E-state index contributed by atoms with van der Waals surface area (Å²) in [5.74, 6) is 0. The molecule has 84 valence electrons. The van der Waals surface area contributed by atoms with E-state index in [-0.39, 0.29) is 21.2 Å². The molecule has 0 amide bonds. The molecule has 0 radical (unpaired) electrons. The normalized spacial score (nSPS) is 10.7. The standard InChI is InChI=1S/C15H16I/c1-11-5-8-14(9-6-11)16-15-10-12(2)4-7-13(15)3/h4-10H,1-3H3/q-1. The Hall–Kier alpha value is -0.830. The van der Waals surface area contributed by atoms with Crippen LogP contribution in [0, 0.1) is 27.9 Å². The van der Waals surface area contributed by atoms with E-state index in [0.717, 1.165) is 0 Å². The summed E-state index contributed by atoms with van der Waals surface area (Å²) in [5, 5.41) is 0. The van der Waals surface area contributed by atoms with E-state index < -0.39 is 0 Å². The van der Waals surface area contributed by atoms with Gasteiger partial charge < -0.3 is 0 Å². The van der Waals surface area contributed by atoms with Crippen molar-refractivity contribution in [3.8, 4) is 0 Å². The Balaban J connectivity index is 2.26. The molecule has 1 heteroatoms. The third-order valence-electron chi connectivity index (χ3n) is 2.55. The summed E-state index contributed by atoms with van der Waals surface area (Å²) in [6.07, 6.45) is 0. The molecule has 0 bridgehead atoms. The van der Waals surface area contributed by atoms with Crippen molar-refractivity contribution in [1.29, 1.82) is 0 Å². The van der Waals surface area contributed by atoms with Crippen LogP contribution >= 0.6 is 0 Å². The molecular formula is C15H16I-. The van der Waals surface area contributed by atoms with Crippen molar-refractivity contribution < 1.29 is 21.2 Å². The van der Waals surface area contributed by atoms with Gasteiger partial charge >= 0.3 is 108 Å². The first-order valence-corrected chi connectivity index (χ1v) is 7.59. The minimum absolute atomic E-state index is 0.0226. The van der Waals surface area contributed by atoms with Crippen molar-refractivity contribution in [3.05, 3.63) is 66.3 Å². The predicted octanol–water partition coefficient (Wildman–Crippen LogP) is 0.740. The van der Waals surface area contributed by atoms with Gasteiger partial charge in [0.1, 0.15) is 0 Å². The SMILES string of the molecule is Cc1ccc([I-]c2cc(C)ccc2C)cc1. The average Bonchev–Trinajstić information content (AvgIpc) is 2.27. The zero-order valence-electron chi connectivity index (χ0n) is 9.92. The predicted molar refractivity (Wildman–Crippen MR) is 64.5 cm³/mol. The third kappa shape index (κ3) is 2.85. The van der Waals surface area contributed by atoms with Gasteiger partial charge in [0.05, 0.1) is 0 Å². The number of benzene rings is 2. The summed E-state index contributed by atoms with van der Waals surface area (Å²) in [7, 11) is 0. The van der Waals surface area contributed by atoms with Crippen LogP contribution in [0.5, 0.6) is 0 Å². The summed E-state index contributed by atoms with van der Waals surface area (Å²) in [5.41, 5.74) is 4.14. The van der Waals surface area contributed by atoms with Crippen molar-refractivity contribution in [2.45, 2.75) is 20.8 Å². The molecule has 0 N–H and O–H groups in total. The van der Waals surface area contributed by atoms with Crippen LogP contribution in [-0.4, -0.2) is 0 Å². The van der Waals surface area contributed by atoms with Crippen molar-refractivity contribution in [2.75, 3.05) is 0 Å². The van der Waals surface area contributed by atoms with Gasteiger partial charge in [-0.25, -0.2) is 0 Å². The van der Waals surface area contributed by atoms with Crippen LogP contribution in [0.4, 0.5) is 0 Å². The monoisotopic (exact) mass is 323 g/mol. The molecule has 0 heterocycles. The Labute approximate surface area is 108 Å². The average molecular weight is 323 g/mol. The van der Waals surface area contributed by atoms with Gasteiger partial charge in [0, 0.05) is 0 Å². The summed E-state index contributed by atoms with van der Waals surface area (Å²) >= 11 is -0.0226. The number of halogens is 1. The first-order valence-electron chi connectivity index (χ1n) is 5.44. The Morgan fingerprint density at radius 2 is 1.38 bits per heavy atom. The number of aryl methyl sites for hydroxylation is 3. The fraction of sp³-hybridized carbons (Fsp3) is 0.200. The molecule has 16 heavy (non-hydrogen) atoms. The molecule has 0 aromatic heterocycles. The molecule has 0 saturated heterocycles. The maximum atomic E-state index is 2.34. The van der Waals surface area contributed by atoms with Crippen LogP contribution in [0.2, 0.25) is 0 Å². The van der Waals surface area contributed by atoms with Crippen LogP contribution in [0.1, 0.15) is 16.7 Å². The van der Waals surface area contributed by atoms with Crippen LogP contribution in [-0.2, 0) is 0 Å². The van der Waals surface area contributed by atoms with Crippen LogP contribution < -0.4 is 21.2 Å². The molecule has 0 saturated carbocycles. The molecule has 0 unspecified atom stereocenters. The maximum absolute atomic E-state index is 2.34. The van der Waals surface area contributed by atoms with Gasteiger partial charge in [-0.3, -0.25) is 0 Å². The molecular weight excluding hydrogens is 307 g/mol.